The van der Waals surface area contributed by atoms with Gasteiger partial charge in [0.05, 0.1) is 10.6 Å². The molecule has 7 nitrogen and oxygen atoms in total. The lowest BCUT2D eigenvalue weighted by Gasteiger charge is -2.35. The van der Waals surface area contributed by atoms with Gasteiger partial charge in [-0.05, 0) is 74.6 Å². The van der Waals surface area contributed by atoms with Crippen molar-refractivity contribution in [1.29, 1.82) is 0 Å². The molecule has 9 heteroatoms. The second kappa shape index (κ2) is 15.8. The van der Waals surface area contributed by atoms with Gasteiger partial charge in [0.15, 0.2) is 0 Å². The van der Waals surface area contributed by atoms with E-state index in [-0.39, 0.29) is 29.8 Å². The first-order valence-corrected chi connectivity index (χ1v) is 18.4. The highest BCUT2D eigenvalue weighted by Crippen LogP contribution is 2.30. The van der Waals surface area contributed by atoms with Crippen molar-refractivity contribution < 1.29 is 18.0 Å². The van der Waals surface area contributed by atoms with Crippen molar-refractivity contribution in [3.05, 3.63) is 130 Å². The molecular weight excluding hydrogens is 642 g/mol. The Bertz CT molecular complexity index is 1820. The van der Waals surface area contributed by atoms with E-state index in [1.54, 1.807) is 54.3 Å². The lowest BCUT2D eigenvalue weighted by Crippen LogP contribution is -2.55. The minimum absolute atomic E-state index is 0.0352. The first-order chi connectivity index (χ1) is 23.0. The zero-order chi connectivity index (χ0) is 34.3. The molecule has 2 amide bonds. The maximum atomic E-state index is 14.8. The van der Waals surface area contributed by atoms with Crippen LogP contribution in [-0.4, -0.2) is 43.8 Å². The van der Waals surface area contributed by atoms with Gasteiger partial charge in [-0.15, -0.1) is 0 Å². The maximum Gasteiger partial charge on any atom is 0.264 e. The number of sulfonamides is 1. The van der Waals surface area contributed by atoms with Gasteiger partial charge in [-0.25, -0.2) is 8.42 Å². The number of halogens is 1. The lowest BCUT2D eigenvalue weighted by atomic mass is 9.94. The molecule has 0 spiro atoms. The molecule has 0 aromatic heterocycles. The molecular formula is C39H44ClN3O4S. The van der Waals surface area contributed by atoms with Crippen LogP contribution in [0.1, 0.15) is 59.9 Å². The van der Waals surface area contributed by atoms with E-state index in [2.05, 4.69) is 5.32 Å². The normalized spacial score (nSPS) is 14.2. The topological polar surface area (TPSA) is 86.8 Å². The first kappa shape index (κ1) is 35.2. The van der Waals surface area contributed by atoms with Crippen molar-refractivity contribution in [1.82, 2.24) is 10.2 Å². The van der Waals surface area contributed by atoms with E-state index in [0.717, 1.165) is 58.7 Å². The molecule has 0 saturated heterocycles. The fourth-order valence-corrected chi connectivity index (χ4v) is 7.94. The molecule has 252 valence electrons. The molecule has 0 bridgehead atoms. The molecule has 0 heterocycles. The van der Waals surface area contributed by atoms with Gasteiger partial charge < -0.3 is 10.2 Å². The monoisotopic (exact) mass is 685 g/mol. The highest BCUT2D eigenvalue weighted by Gasteiger charge is 2.36. The molecule has 1 atom stereocenters. The highest BCUT2D eigenvalue weighted by atomic mass is 35.5. The highest BCUT2D eigenvalue weighted by molar-refractivity contribution is 7.92. The Morgan fingerprint density at radius 2 is 1.50 bits per heavy atom. The van der Waals surface area contributed by atoms with Gasteiger partial charge in [0.2, 0.25) is 11.8 Å². The summed E-state index contributed by atoms with van der Waals surface area (Å²) in [6, 6.07) is 28.1. The molecule has 0 unspecified atom stereocenters. The zero-order valence-electron chi connectivity index (χ0n) is 27.9. The fraction of sp³-hybridized carbons (Fsp3) is 0.333. The average molecular weight is 686 g/mol. The zero-order valence-corrected chi connectivity index (χ0v) is 29.4. The molecule has 4 aromatic carbocycles. The van der Waals surface area contributed by atoms with Gasteiger partial charge in [0.25, 0.3) is 10.0 Å². The predicted molar refractivity (Wildman–Crippen MR) is 193 cm³/mol. The largest absolute Gasteiger partial charge is 0.352 e. The summed E-state index contributed by atoms with van der Waals surface area (Å²) in [5.41, 5.74) is 4.62. The molecule has 0 radical (unpaired) electrons. The lowest BCUT2D eigenvalue weighted by molar-refractivity contribution is -0.140. The molecule has 1 N–H and O–H groups in total. The fourth-order valence-electron chi connectivity index (χ4n) is 6.31. The van der Waals surface area contributed by atoms with Gasteiger partial charge in [0.1, 0.15) is 12.6 Å². The Kier molecular flexibility index (Phi) is 11.6. The summed E-state index contributed by atoms with van der Waals surface area (Å²) in [4.78, 5) is 30.7. The number of hydrogen-bond donors (Lipinski definition) is 1. The Morgan fingerprint density at radius 1 is 0.812 bits per heavy atom. The van der Waals surface area contributed by atoms with Crippen molar-refractivity contribution in [2.45, 2.75) is 82.8 Å². The smallest absolute Gasteiger partial charge is 0.264 e. The van der Waals surface area contributed by atoms with Gasteiger partial charge in [-0.3, -0.25) is 13.9 Å². The van der Waals surface area contributed by atoms with Gasteiger partial charge >= 0.3 is 0 Å². The third-order valence-corrected chi connectivity index (χ3v) is 11.0. The second-order valence-electron chi connectivity index (χ2n) is 12.8. The van der Waals surface area contributed by atoms with E-state index in [1.807, 2.05) is 68.4 Å². The van der Waals surface area contributed by atoms with Crippen LogP contribution in [-0.2, 0) is 32.6 Å². The molecule has 4 aromatic rings. The van der Waals surface area contributed by atoms with Crippen molar-refractivity contribution in [3.63, 3.8) is 0 Å². The van der Waals surface area contributed by atoms with Crippen LogP contribution in [0.5, 0.6) is 0 Å². The standard InChI is InChI=1S/C39H44ClN3O4S/c1-28-17-21-35(22-18-28)48(46,47)43(36-25-33(40)20-19-30(36)3)27-38(44)42(26-32-14-10-11-29(2)23-32)37(24-31-12-6-4-7-13-31)39(45)41-34-15-8-5-9-16-34/h4,6-7,10-14,17-23,25,34,37H,5,8-9,15-16,24,26-27H2,1-3H3,(H,41,45)/t37-/m1/s1. The van der Waals surface area contributed by atoms with E-state index in [1.165, 1.54) is 0 Å². The van der Waals surface area contributed by atoms with Crippen LogP contribution < -0.4 is 9.62 Å². The van der Waals surface area contributed by atoms with E-state index < -0.39 is 28.5 Å². The molecule has 0 aliphatic heterocycles. The van der Waals surface area contributed by atoms with Crippen LogP contribution in [0.15, 0.2) is 102 Å². The molecule has 1 aliphatic rings. The van der Waals surface area contributed by atoms with E-state index in [0.29, 0.717) is 16.3 Å². The minimum atomic E-state index is -4.22. The summed E-state index contributed by atoms with van der Waals surface area (Å²) in [5, 5.41) is 3.60. The molecule has 1 saturated carbocycles. The van der Waals surface area contributed by atoms with Crippen LogP contribution in [0.4, 0.5) is 5.69 Å². The number of benzene rings is 4. The van der Waals surface area contributed by atoms with Crippen LogP contribution in [0.2, 0.25) is 5.02 Å². The average Bonchev–Trinajstić information content (AvgIpc) is 3.07. The van der Waals surface area contributed by atoms with Crippen LogP contribution in [0, 0.1) is 20.8 Å². The van der Waals surface area contributed by atoms with Crippen molar-refractivity contribution in [3.8, 4) is 0 Å². The van der Waals surface area contributed by atoms with E-state index >= 15 is 0 Å². The summed E-state index contributed by atoms with van der Waals surface area (Å²) in [6.45, 7) is 5.25. The summed E-state index contributed by atoms with van der Waals surface area (Å²) in [6.07, 6.45) is 5.30. The predicted octanol–water partition coefficient (Wildman–Crippen LogP) is 7.55. The molecule has 48 heavy (non-hydrogen) atoms. The molecule has 1 aliphatic carbocycles. The number of anilines is 1. The number of nitrogens with one attached hydrogen (secondary N) is 1. The summed E-state index contributed by atoms with van der Waals surface area (Å²) in [7, 11) is -4.22. The van der Waals surface area contributed by atoms with Gasteiger partial charge in [-0.1, -0.05) is 115 Å². The van der Waals surface area contributed by atoms with Gasteiger partial charge in [-0.2, -0.15) is 0 Å². The number of amides is 2. The number of carbonyl (C=O) groups is 2. The number of carbonyl (C=O) groups excluding carboxylic acids is 2. The van der Waals surface area contributed by atoms with Crippen LogP contribution >= 0.6 is 11.6 Å². The van der Waals surface area contributed by atoms with E-state index in [4.69, 9.17) is 11.6 Å². The molecule has 1 fully saturated rings. The van der Waals surface area contributed by atoms with Gasteiger partial charge in [0, 0.05) is 24.0 Å². The Labute approximate surface area is 290 Å². The Balaban J connectivity index is 1.59. The maximum absolute atomic E-state index is 14.8. The summed E-state index contributed by atoms with van der Waals surface area (Å²) in [5.74, 6) is -0.732. The first-order valence-electron chi connectivity index (χ1n) is 16.6. The SMILES string of the molecule is Cc1ccc(S(=O)(=O)N(CC(=O)N(Cc2cccc(C)c2)[C@H](Cc2ccccc2)C(=O)NC2CCCCC2)c2cc(Cl)ccc2C)cc1. The summed E-state index contributed by atoms with van der Waals surface area (Å²) < 4.78 is 29.8. The minimum Gasteiger partial charge on any atom is -0.352 e. The van der Waals surface area contributed by atoms with Crippen LogP contribution in [0.3, 0.4) is 0 Å². The third kappa shape index (κ3) is 8.85. The Morgan fingerprint density at radius 3 is 2.19 bits per heavy atom. The summed E-state index contributed by atoms with van der Waals surface area (Å²) >= 11 is 6.40. The number of nitrogens with zero attached hydrogens (tertiary/aromatic N) is 2. The number of aryl methyl sites for hydroxylation is 3. The quantitative estimate of drug-likeness (QED) is 0.167. The Hall–Kier alpha value is -4.14. The third-order valence-electron chi connectivity index (χ3n) is 8.99. The molecule has 5 rings (SSSR count). The van der Waals surface area contributed by atoms with Crippen LogP contribution in [0.25, 0.3) is 0 Å². The number of hydrogen-bond acceptors (Lipinski definition) is 4. The van der Waals surface area contributed by atoms with E-state index in [9.17, 15) is 18.0 Å². The van der Waals surface area contributed by atoms with Crippen molar-refractivity contribution >= 4 is 39.1 Å². The second-order valence-corrected chi connectivity index (χ2v) is 15.1. The number of rotatable bonds is 12. The van der Waals surface area contributed by atoms with Crippen molar-refractivity contribution in [2.75, 3.05) is 10.8 Å². The van der Waals surface area contributed by atoms with Crippen molar-refractivity contribution in [2.24, 2.45) is 0 Å².